The van der Waals surface area contributed by atoms with Crippen molar-refractivity contribution in [2.24, 2.45) is 5.41 Å². The average Bonchev–Trinajstić information content (AvgIpc) is 2.36. The molecule has 1 atom stereocenters. The van der Waals surface area contributed by atoms with E-state index in [0.717, 1.165) is 0 Å². The second-order valence-corrected chi connectivity index (χ2v) is 5.97. The predicted molar refractivity (Wildman–Crippen MR) is 73.9 cm³/mol. The molecule has 5 nitrogen and oxygen atoms in total. The summed E-state index contributed by atoms with van der Waals surface area (Å²) in [6.45, 7) is 4.14. The first-order valence-corrected chi connectivity index (χ1v) is 6.68. The van der Waals surface area contributed by atoms with Crippen molar-refractivity contribution >= 4 is 21.7 Å². The van der Waals surface area contributed by atoms with Crippen molar-refractivity contribution < 1.29 is 14.3 Å². The maximum atomic E-state index is 12.6. The summed E-state index contributed by atoms with van der Waals surface area (Å²) in [5.74, 6) is -0.0611. The Morgan fingerprint density at radius 3 is 2.53 bits per heavy atom. The van der Waals surface area contributed by atoms with Gasteiger partial charge in [0.05, 0.1) is 29.6 Å². The van der Waals surface area contributed by atoms with Crippen LogP contribution in [0.25, 0.3) is 0 Å². The number of Topliss-reactive ketones (excluding diaryl/α,β-unsaturated/α-hetero) is 1. The average molecular weight is 330 g/mol. The number of nitrogens with zero attached hydrogens (tertiary/aromatic N) is 1. The lowest BCUT2D eigenvalue weighted by molar-refractivity contribution is -0.00728. The minimum absolute atomic E-state index is 0.0852. The fourth-order valence-electron chi connectivity index (χ4n) is 2.40. The number of carbonyl (C=O) groups is 1. The summed E-state index contributed by atoms with van der Waals surface area (Å²) in [5.41, 5.74) is -0.690. The van der Waals surface area contributed by atoms with E-state index in [1.807, 2.05) is 13.8 Å². The quantitative estimate of drug-likeness (QED) is 0.831. The van der Waals surface area contributed by atoms with Crippen LogP contribution in [0.2, 0.25) is 0 Å². The van der Waals surface area contributed by atoms with Crippen LogP contribution in [0.1, 0.15) is 24.3 Å². The number of ether oxygens (including phenoxy) is 2. The van der Waals surface area contributed by atoms with Crippen molar-refractivity contribution in [3.05, 3.63) is 26.6 Å². The van der Waals surface area contributed by atoms with Gasteiger partial charge in [-0.05, 0) is 29.8 Å². The van der Waals surface area contributed by atoms with Crippen molar-refractivity contribution in [2.45, 2.75) is 26.5 Å². The van der Waals surface area contributed by atoms with E-state index in [-0.39, 0.29) is 23.1 Å². The predicted octanol–water partition coefficient (Wildman–Crippen LogP) is 1.86. The van der Waals surface area contributed by atoms with Crippen molar-refractivity contribution in [2.75, 3.05) is 14.2 Å². The number of methoxy groups -OCH3 is 2. The van der Waals surface area contributed by atoms with Gasteiger partial charge >= 0.3 is 0 Å². The zero-order chi connectivity index (χ0) is 14.4. The first-order chi connectivity index (χ1) is 8.84. The number of pyridine rings is 1. The molecule has 0 aromatic carbocycles. The van der Waals surface area contributed by atoms with Crippen LogP contribution in [0.15, 0.2) is 15.5 Å². The minimum atomic E-state index is -0.692. The normalized spacial score (nSPS) is 21.1. The highest BCUT2D eigenvalue weighted by Crippen LogP contribution is 2.36. The third-order valence-corrected chi connectivity index (χ3v) is 4.22. The Labute approximate surface area is 119 Å². The van der Waals surface area contributed by atoms with Gasteiger partial charge in [0.15, 0.2) is 11.5 Å². The molecule has 1 aliphatic rings. The van der Waals surface area contributed by atoms with Crippen LogP contribution in [-0.4, -0.2) is 30.7 Å². The van der Waals surface area contributed by atoms with Gasteiger partial charge in [-0.15, -0.1) is 0 Å². The maximum absolute atomic E-state index is 12.6. The third-order valence-electron chi connectivity index (χ3n) is 3.65. The fourth-order valence-corrected chi connectivity index (χ4v) is 2.83. The Morgan fingerprint density at radius 2 is 2.00 bits per heavy atom. The van der Waals surface area contributed by atoms with E-state index in [2.05, 4.69) is 15.9 Å². The second kappa shape index (κ2) is 4.76. The number of carbonyl (C=O) groups excluding carboxylic acids is 1. The van der Waals surface area contributed by atoms with Crippen LogP contribution in [0.3, 0.4) is 0 Å². The molecule has 0 bridgehead atoms. The maximum Gasteiger partial charge on any atom is 0.238 e. The number of hydrogen-bond acceptors (Lipinski definition) is 4. The molecule has 2 heterocycles. The molecule has 1 aromatic rings. The van der Waals surface area contributed by atoms with Gasteiger partial charge in [-0.1, -0.05) is 0 Å². The molecule has 0 saturated carbocycles. The molecule has 0 saturated heterocycles. The Bertz CT molecular complexity index is 591. The van der Waals surface area contributed by atoms with Crippen LogP contribution >= 0.6 is 15.9 Å². The van der Waals surface area contributed by atoms with E-state index in [1.165, 1.54) is 7.11 Å². The largest absolute Gasteiger partial charge is 0.491 e. The van der Waals surface area contributed by atoms with Gasteiger partial charge in [-0.2, -0.15) is 0 Å². The molecule has 2 rings (SSSR count). The summed E-state index contributed by atoms with van der Waals surface area (Å²) in [6.07, 6.45) is 1.37. The molecular formula is C13H16BrNO4. The topological polar surface area (TPSA) is 57.5 Å². The van der Waals surface area contributed by atoms with Crippen LogP contribution in [0.4, 0.5) is 0 Å². The first-order valence-electron chi connectivity index (χ1n) is 5.89. The van der Waals surface area contributed by atoms with Gasteiger partial charge in [0.1, 0.15) is 5.69 Å². The number of hydrogen-bond donors (Lipinski definition) is 0. The Kier molecular flexibility index (Phi) is 3.57. The van der Waals surface area contributed by atoms with Crippen LogP contribution < -0.4 is 10.2 Å². The highest BCUT2D eigenvalue weighted by atomic mass is 79.9. The molecule has 0 fully saturated rings. The monoisotopic (exact) mass is 329 g/mol. The van der Waals surface area contributed by atoms with Gasteiger partial charge in [0.25, 0.3) is 0 Å². The van der Waals surface area contributed by atoms with E-state index in [0.29, 0.717) is 16.7 Å². The Hall–Kier alpha value is -1.14. The molecular weight excluding hydrogens is 314 g/mol. The summed E-state index contributed by atoms with van der Waals surface area (Å²) in [7, 11) is 2.98. The van der Waals surface area contributed by atoms with Crippen molar-refractivity contribution in [1.82, 2.24) is 4.57 Å². The Balaban J connectivity index is 2.74. The third kappa shape index (κ3) is 2.03. The molecule has 0 radical (unpaired) electrons. The lowest BCUT2D eigenvalue weighted by Crippen LogP contribution is -2.47. The molecule has 0 amide bonds. The molecule has 0 N–H and O–H groups in total. The van der Waals surface area contributed by atoms with Crippen LogP contribution in [-0.2, 0) is 11.3 Å². The molecule has 1 aliphatic heterocycles. The van der Waals surface area contributed by atoms with E-state index in [9.17, 15) is 9.59 Å². The molecule has 6 heteroatoms. The lowest BCUT2D eigenvalue weighted by Gasteiger charge is -2.38. The fraction of sp³-hybridized carbons (Fsp3) is 0.538. The van der Waals surface area contributed by atoms with Crippen LogP contribution in [0, 0.1) is 5.41 Å². The number of fused-ring (bicyclic) bond motifs is 1. The second-order valence-electron chi connectivity index (χ2n) is 5.12. The SMILES string of the molecule is COc1c2n(cc(Br)c1=O)C[C@@H](OC)C(C)(C)C2=O. The first kappa shape index (κ1) is 14.3. The zero-order valence-electron chi connectivity index (χ0n) is 11.3. The van der Waals surface area contributed by atoms with Crippen molar-refractivity contribution in [3.8, 4) is 5.75 Å². The van der Waals surface area contributed by atoms with Crippen molar-refractivity contribution in [1.29, 1.82) is 0 Å². The highest BCUT2D eigenvalue weighted by molar-refractivity contribution is 9.10. The summed E-state index contributed by atoms with van der Waals surface area (Å²) in [4.78, 5) is 24.6. The molecule has 19 heavy (non-hydrogen) atoms. The van der Waals surface area contributed by atoms with E-state index < -0.39 is 5.41 Å². The summed E-state index contributed by atoms with van der Waals surface area (Å²) >= 11 is 3.19. The van der Waals surface area contributed by atoms with Crippen LogP contribution in [0.5, 0.6) is 5.75 Å². The zero-order valence-corrected chi connectivity index (χ0v) is 12.9. The van der Waals surface area contributed by atoms with Gasteiger partial charge in [0, 0.05) is 13.3 Å². The minimum Gasteiger partial charge on any atom is -0.491 e. The van der Waals surface area contributed by atoms with Gasteiger partial charge in [-0.25, -0.2) is 0 Å². The van der Waals surface area contributed by atoms with E-state index >= 15 is 0 Å². The summed E-state index contributed by atoms with van der Waals surface area (Å²) in [6, 6.07) is 0. The van der Waals surface area contributed by atoms with Gasteiger partial charge in [0.2, 0.25) is 5.43 Å². The number of rotatable bonds is 2. The molecule has 0 aliphatic carbocycles. The standard InChI is InChI=1S/C13H16BrNO4/c1-13(2)8(18-3)6-15-5-7(14)10(16)11(19-4)9(15)12(13)17/h5,8H,6H2,1-4H3/t8-/m1/s1. The van der Waals surface area contributed by atoms with E-state index in [4.69, 9.17) is 9.47 Å². The number of aromatic nitrogens is 1. The molecule has 0 spiro atoms. The Morgan fingerprint density at radius 1 is 1.37 bits per heavy atom. The molecule has 0 unspecified atom stereocenters. The number of halogens is 1. The summed E-state index contributed by atoms with van der Waals surface area (Å²) in [5, 5.41) is 0. The van der Waals surface area contributed by atoms with Gasteiger partial charge < -0.3 is 14.0 Å². The van der Waals surface area contributed by atoms with E-state index in [1.54, 1.807) is 17.9 Å². The van der Waals surface area contributed by atoms with Gasteiger partial charge in [-0.3, -0.25) is 9.59 Å². The highest BCUT2D eigenvalue weighted by Gasteiger charge is 2.44. The smallest absolute Gasteiger partial charge is 0.238 e. The summed E-state index contributed by atoms with van der Waals surface area (Å²) < 4.78 is 12.6. The molecule has 104 valence electrons. The molecule has 1 aromatic heterocycles. The number of ketones is 1. The lowest BCUT2D eigenvalue weighted by atomic mass is 9.77. The van der Waals surface area contributed by atoms with Crippen molar-refractivity contribution in [3.63, 3.8) is 0 Å².